The van der Waals surface area contributed by atoms with Gasteiger partial charge in [0.05, 0.1) is 36.1 Å². The first-order chi connectivity index (χ1) is 15.7. The lowest BCUT2D eigenvalue weighted by atomic mass is 9.54. The molecule has 0 N–H and O–H groups in total. The Labute approximate surface area is 209 Å². The van der Waals surface area contributed by atoms with Crippen molar-refractivity contribution in [2.45, 2.75) is 8.65 Å². The number of amides is 2. The van der Waals surface area contributed by atoms with Crippen LogP contribution < -0.4 is 4.90 Å². The van der Waals surface area contributed by atoms with Crippen LogP contribution in [0.5, 0.6) is 0 Å². The molecule has 7 rings (SSSR count). The Morgan fingerprint density at radius 3 is 1.64 bits per heavy atom. The van der Waals surface area contributed by atoms with E-state index < -0.39 is 37.2 Å². The van der Waals surface area contributed by atoms with E-state index in [0.29, 0.717) is 0 Å². The van der Waals surface area contributed by atoms with Gasteiger partial charge in [0, 0.05) is 12.1 Å². The topological polar surface area (TPSA) is 80.5 Å². The number of rotatable bonds is 2. The smallest absolute Gasteiger partial charge is 0.271 e. The SMILES string of the molecule is O=C1C2C(C(=O)N1c1cc([N+](=O)[O-])ccc1Cl)C1(Br)c3ccccc3C2(Br)c2ccccc21. The largest absolute Gasteiger partial charge is 0.274 e. The predicted molar refractivity (Wildman–Crippen MR) is 130 cm³/mol. The maximum atomic E-state index is 14.0. The average molecular weight is 589 g/mol. The number of anilines is 1. The van der Waals surface area contributed by atoms with Crippen LogP contribution in [0.4, 0.5) is 11.4 Å². The van der Waals surface area contributed by atoms with Gasteiger partial charge in [0.15, 0.2) is 0 Å². The van der Waals surface area contributed by atoms with Crippen LogP contribution in [0.25, 0.3) is 0 Å². The van der Waals surface area contributed by atoms with Gasteiger partial charge < -0.3 is 0 Å². The second-order valence-corrected chi connectivity index (χ2v) is 11.3. The summed E-state index contributed by atoms with van der Waals surface area (Å²) in [5.41, 5.74) is 3.42. The van der Waals surface area contributed by atoms with Crippen LogP contribution in [0.2, 0.25) is 5.02 Å². The zero-order valence-electron chi connectivity index (χ0n) is 16.7. The molecular formula is C24H13Br2ClN2O4. The highest BCUT2D eigenvalue weighted by Gasteiger charge is 2.72. The summed E-state index contributed by atoms with van der Waals surface area (Å²) in [6.07, 6.45) is 0. The van der Waals surface area contributed by atoms with Gasteiger partial charge in [-0.2, -0.15) is 0 Å². The van der Waals surface area contributed by atoms with Crippen molar-refractivity contribution >= 4 is 66.6 Å². The minimum absolute atomic E-state index is 0.0231. The van der Waals surface area contributed by atoms with E-state index in [1.807, 2.05) is 48.5 Å². The number of non-ortho nitro benzene ring substituents is 1. The quantitative estimate of drug-likeness (QED) is 0.168. The van der Waals surface area contributed by atoms with E-state index in [1.165, 1.54) is 18.2 Å². The van der Waals surface area contributed by atoms with E-state index in [1.54, 1.807) is 0 Å². The minimum Gasteiger partial charge on any atom is -0.274 e. The number of alkyl halides is 2. The second-order valence-electron chi connectivity index (χ2n) is 8.37. The molecule has 1 fully saturated rings. The van der Waals surface area contributed by atoms with Crippen LogP contribution in [-0.4, -0.2) is 16.7 Å². The lowest BCUT2D eigenvalue weighted by Crippen LogP contribution is -2.56. The number of hydrogen-bond acceptors (Lipinski definition) is 4. The molecule has 9 heteroatoms. The molecule has 0 aromatic heterocycles. The number of nitrogens with zero attached hydrogens (tertiary/aromatic N) is 2. The fraction of sp³-hybridized carbons (Fsp3) is 0.167. The van der Waals surface area contributed by atoms with Crippen molar-refractivity contribution in [1.82, 2.24) is 0 Å². The number of carbonyl (C=O) groups is 2. The average Bonchev–Trinajstić information content (AvgIpc) is 3.09. The first kappa shape index (κ1) is 21.0. The van der Waals surface area contributed by atoms with E-state index in [0.717, 1.165) is 27.2 Å². The molecule has 3 aliphatic carbocycles. The molecule has 0 spiro atoms. The Balaban J connectivity index is 1.64. The van der Waals surface area contributed by atoms with E-state index >= 15 is 0 Å². The second kappa shape index (κ2) is 6.74. The number of nitro benzene ring substituents is 1. The van der Waals surface area contributed by atoms with Crippen LogP contribution in [0.1, 0.15) is 22.3 Å². The molecule has 2 unspecified atom stereocenters. The standard InChI is InChI=1S/C24H13Br2ClN2O4/c25-23-13-5-1-2-6-14(13)24(26,16-8-4-3-7-15(16)23)20-19(23)21(30)28(22(20)31)18-11-12(29(32)33)9-10-17(18)27/h1-11,19-20H. The molecule has 3 aromatic carbocycles. The first-order valence-electron chi connectivity index (χ1n) is 10.1. The van der Waals surface area contributed by atoms with E-state index in [-0.39, 0.29) is 16.4 Å². The summed E-state index contributed by atoms with van der Waals surface area (Å²) < 4.78 is -1.87. The molecule has 2 amide bonds. The molecule has 4 aliphatic rings. The van der Waals surface area contributed by atoms with E-state index in [4.69, 9.17) is 11.6 Å². The highest BCUT2D eigenvalue weighted by atomic mass is 79.9. The third kappa shape index (κ3) is 2.39. The van der Waals surface area contributed by atoms with Gasteiger partial charge in [-0.15, -0.1) is 0 Å². The number of imide groups is 1. The summed E-state index contributed by atoms with van der Waals surface area (Å²) in [5.74, 6) is -2.44. The van der Waals surface area contributed by atoms with Crippen LogP contribution in [0, 0.1) is 22.0 Å². The summed E-state index contributed by atoms with van der Waals surface area (Å²) in [6, 6.07) is 19.3. The van der Waals surface area contributed by atoms with Gasteiger partial charge in [-0.25, -0.2) is 4.90 Å². The fourth-order valence-electron chi connectivity index (χ4n) is 5.69. The van der Waals surface area contributed by atoms with Gasteiger partial charge in [-0.3, -0.25) is 19.7 Å². The molecule has 1 aliphatic heterocycles. The molecule has 0 radical (unpaired) electrons. The van der Waals surface area contributed by atoms with Gasteiger partial charge in [0.1, 0.15) is 0 Å². The normalized spacial score (nSPS) is 29.0. The van der Waals surface area contributed by atoms with Gasteiger partial charge in [0.2, 0.25) is 11.8 Å². The maximum absolute atomic E-state index is 14.0. The number of nitro groups is 1. The minimum atomic E-state index is -0.935. The molecule has 2 bridgehead atoms. The Kier molecular flexibility index (Phi) is 4.29. The van der Waals surface area contributed by atoms with Gasteiger partial charge in [-0.1, -0.05) is 92.0 Å². The summed E-state index contributed by atoms with van der Waals surface area (Å²) in [4.78, 5) is 39.7. The Hall–Kier alpha value is -2.55. The van der Waals surface area contributed by atoms with Crippen molar-refractivity contribution in [2.24, 2.45) is 11.8 Å². The summed E-state index contributed by atoms with van der Waals surface area (Å²) >= 11 is 14.2. The van der Waals surface area contributed by atoms with E-state index in [2.05, 4.69) is 31.9 Å². The number of carbonyl (C=O) groups excluding carboxylic acids is 2. The molecule has 164 valence electrons. The zero-order chi connectivity index (χ0) is 23.3. The highest BCUT2D eigenvalue weighted by Crippen LogP contribution is 2.71. The van der Waals surface area contributed by atoms with Crippen molar-refractivity contribution in [3.63, 3.8) is 0 Å². The summed E-state index contributed by atoms with van der Waals surface area (Å²) in [7, 11) is 0. The van der Waals surface area contributed by atoms with Crippen LogP contribution in [-0.2, 0) is 18.2 Å². The monoisotopic (exact) mass is 586 g/mol. The van der Waals surface area contributed by atoms with Crippen molar-refractivity contribution in [1.29, 1.82) is 0 Å². The lowest BCUT2D eigenvalue weighted by Gasteiger charge is -2.55. The van der Waals surface area contributed by atoms with Gasteiger partial charge in [0.25, 0.3) is 5.69 Å². The molecule has 6 nitrogen and oxygen atoms in total. The van der Waals surface area contributed by atoms with Crippen LogP contribution >= 0.6 is 43.5 Å². The van der Waals surface area contributed by atoms with Crippen molar-refractivity contribution < 1.29 is 14.5 Å². The Morgan fingerprint density at radius 1 is 0.818 bits per heavy atom. The lowest BCUT2D eigenvalue weighted by molar-refractivity contribution is -0.384. The number of benzene rings is 3. The highest BCUT2D eigenvalue weighted by molar-refractivity contribution is 9.10. The van der Waals surface area contributed by atoms with Gasteiger partial charge in [-0.05, 0) is 28.3 Å². The molecule has 2 atom stereocenters. The molecule has 1 heterocycles. The third-order valence-electron chi connectivity index (χ3n) is 6.97. The van der Waals surface area contributed by atoms with Crippen LogP contribution in [0.3, 0.4) is 0 Å². The van der Waals surface area contributed by atoms with E-state index in [9.17, 15) is 19.7 Å². The summed E-state index contributed by atoms with van der Waals surface area (Å²) in [6.45, 7) is 0. The van der Waals surface area contributed by atoms with Crippen molar-refractivity contribution in [2.75, 3.05) is 4.90 Å². The third-order valence-corrected chi connectivity index (χ3v) is 9.98. The molecular weight excluding hydrogens is 576 g/mol. The van der Waals surface area contributed by atoms with Gasteiger partial charge >= 0.3 is 0 Å². The molecule has 3 aromatic rings. The Morgan fingerprint density at radius 2 is 1.24 bits per heavy atom. The predicted octanol–water partition coefficient (Wildman–Crippen LogP) is 5.66. The number of hydrogen-bond donors (Lipinski definition) is 0. The number of halogens is 3. The molecule has 33 heavy (non-hydrogen) atoms. The summed E-state index contributed by atoms with van der Waals surface area (Å²) in [5, 5.41) is 11.5. The Bertz CT molecular complexity index is 1300. The zero-order valence-corrected chi connectivity index (χ0v) is 20.6. The maximum Gasteiger partial charge on any atom is 0.271 e. The van der Waals surface area contributed by atoms with Crippen molar-refractivity contribution in [3.8, 4) is 0 Å². The first-order valence-corrected chi connectivity index (χ1v) is 12.1. The van der Waals surface area contributed by atoms with Crippen molar-refractivity contribution in [3.05, 3.63) is 104 Å². The molecule has 0 saturated carbocycles. The fourth-order valence-corrected chi connectivity index (χ4v) is 8.20. The molecule has 1 saturated heterocycles. The van der Waals surface area contributed by atoms with Crippen LogP contribution in [0.15, 0.2) is 66.7 Å².